The van der Waals surface area contributed by atoms with E-state index >= 15 is 0 Å². The van der Waals surface area contributed by atoms with Crippen LogP contribution >= 0.6 is 0 Å². The second kappa shape index (κ2) is 8.38. The molecule has 1 unspecified atom stereocenters. The van der Waals surface area contributed by atoms with Crippen LogP contribution in [-0.4, -0.2) is 13.1 Å². The summed E-state index contributed by atoms with van der Waals surface area (Å²) in [6, 6.07) is 8.84. The van der Waals surface area contributed by atoms with Gasteiger partial charge < -0.3 is 9.47 Å². The van der Waals surface area contributed by atoms with Crippen LogP contribution in [-0.2, 0) is 10.2 Å². The van der Waals surface area contributed by atoms with Gasteiger partial charge in [-0.1, -0.05) is 45.0 Å². The lowest BCUT2D eigenvalue weighted by Gasteiger charge is -2.34. The van der Waals surface area contributed by atoms with E-state index in [0.717, 1.165) is 34.4 Å². The third-order valence-electron chi connectivity index (χ3n) is 5.46. The second-order valence-electron chi connectivity index (χ2n) is 8.61. The fraction of sp³-hybridized carbons (Fsp3) is 0.480. The maximum Gasteiger partial charge on any atom is 0.308 e. The van der Waals surface area contributed by atoms with Crippen LogP contribution in [0.2, 0.25) is 0 Å². The summed E-state index contributed by atoms with van der Waals surface area (Å²) in [7, 11) is 1.72. The van der Waals surface area contributed by atoms with E-state index < -0.39 is 0 Å². The number of esters is 1. The number of ether oxygens (including phenoxy) is 2. The van der Waals surface area contributed by atoms with E-state index in [1.54, 1.807) is 7.11 Å². The number of benzene rings is 2. The fourth-order valence-corrected chi connectivity index (χ4v) is 4.38. The summed E-state index contributed by atoms with van der Waals surface area (Å²) in [6.07, 6.45) is 1.02. The highest BCUT2D eigenvalue weighted by atomic mass is 16.5. The summed E-state index contributed by atoms with van der Waals surface area (Å²) in [5.41, 5.74) is 6.66. The van der Waals surface area contributed by atoms with Crippen LogP contribution in [0.3, 0.4) is 0 Å². The Morgan fingerprint density at radius 3 is 1.61 bits per heavy atom. The van der Waals surface area contributed by atoms with E-state index in [4.69, 9.17) is 9.47 Å². The quantitative estimate of drug-likeness (QED) is 0.440. The first kappa shape index (κ1) is 22.0. The maximum absolute atomic E-state index is 11.5. The summed E-state index contributed by atoms with van der Waals surface area (Å²) in [5.74, 6) is 1.87. The lowest BCUT2D eigenvalue weighted by molar-refractivity contribution is -0.131. The Hall–Kier alpha value is -2.29. The molecule has 0 aliphatic carbocycles. The number of rotatable bonds is 6. The molecule has 0 bridgehead atoms. The third kappa shape index (κ3) is 4.40. The molecule has 28 heavy (non-hydrogen) atoms. The molecule has 0 aliphatic heterocycles. The van der Waals surface area contributed by atoms with Crippen molar-refractivity contribution in [3.63, 3.8) is 0 Å². The lowest BCUT2D eigenvalue weighted by Crippen LogP contribution is -2.27. The van der Waals surface area contributed by atoms with Crippen molar-refractivity contribution in [3.8, 4) is 11.5 Å². The Balaban J connectivity index is 2.68. The lowest BCUT2D eigenvalue weighted by atomic mass is 9.70. The van der Waals surface area contributed by atoms with Crippen molar-refractivity contribution in [3.05, 3.63) is 57.6 Å². The third-order valence-corrected chi connectivity index (χ3v) is 5.46. The summed E-state index contributed by atoms with van der Waals surface area (Å²) < 4.78 is 11.0. The molecule has 0 saturated carbocycles. The molecule has 0 spiro atoms. The zero-order chi connectivity index (χ0) is 21.2. The van der Waals surface area contributed by atoms with Crippen molar-refractivity contribution >= 4 is 5.97 Å². The first-order valence-corrected chi connectivity index (χ1v) is 9.95. The molecule has 0 N–H and O–H groups in total. The summed E-state index contributed by atoms with van der Waals surface area (Å²) in [5, 5.41) is 0. The predicted molar refractivity (Wildman–Crippen MR) is 116 cm³/mol. The normalized spacial score (nSPS) is 13.4. The van der Waals surface area contributed by atoms with Gasteiger partial charge in [0, 0.05) is 12.3 Å². The Kier molecular flexibility index (Phi) is 6.59. The molecule has 0 saturated heterocycles. The van der Waals surface area contributed by atoms with E-state index in [2.05, 4.69) is 58.9 Å². The highest BCUT2D eigenvalue weighted by Crippen LogP contribution is 2.42. The zero-order valence-corrected chi connectivity index (χ0v) is 18.8. The van der Waals surface area contributed by atoms with Gasteiger partial charge in [0.2, 0.25) is 0 Å². The van der Waals surface area contributed by atoms with Gasteiger partial charge in [-0.15, -0.1) is 0 Å². The summed E-state index contributed by atoms with van der Waals surface area (Å²) in [4.78, 5) is 11.5. The Labute approximate surface area is 170 Å². The van der Waals surface area contributed by atoms with E-state index in [9.17, 15) is 4.79 Å². The van der Waals surface area contributed by atoms with E-state index in [-0.39, 0.29) is 11.4 Å². The largest absolute Gasteiger partial charge is 0.496 e. The van der Waals surface area contributed by atoms with Gasteiger partial charge in [-0.25, -0.2) is 0 Å². The smallest absolute Gasteiger partial charge is 0.308 e. The Morgan fingerprint density at radius 1 is 0.893 bits per heavy atom. The first-order valence-electron chi connectivity index (χ1n) is 9.95. The van der Waals surface area contributed by atoms with Gasteiger partial charge in [0.05, 0.1) is 7.11 Å². The van der Waals surface area contributed by atoms with Crippen molar-refractivity contribution in [1.29, 1.82) is 0 Å². The zero-order valence-electron chi connectivity index (χ0n) is 18.8. The molecule has 3 heteroatoms. The molecule has 0 fully saturated rings. The van der Waals surface area contributed by atoms with Gasteiger partial charge in [-0.3, -0.25) is 4.79 Å². The monoisotopic (exact) mass is 382 g/mol. The molecule has 1 atom stereocenters. The van der Waals surface area contributed by atoms with Crippen molar-refractivity contribution < 1.29 is 14.3 Å². The Morgan fingerprint density at radius 2 is 1.29 bits per heavy atom. The number of carbonyl (C=O) groups excluding carboxylic acids is 1. The molecule has 2 aromatic rings. The number of aryl methyl sites for hydroxylation is 4. The molecule has 3 nitrogen and oxygen atoms in total. The number of carbonyl (C=O) groups is 1. The molecule has 0 heterocycles. The van der Waals surface area contributed by atoms with Crippen molar-refractivity contribution in [2.45, 2.75) is 67.2 Å². The fourth-order valence-electron chi connectivity index (χ4n) is 4.38. The molecule has 152 valence electrons. The topological polar surface area (TPSA) is 35.5 Å². The second-order valence-corrected chi connectivity index (χ2v) is 8.61. The van der Waals surface area contributed by atoms with Gasteiger partial charge in [-0.05, 0) is 73.4 Å². The molecule has 2 aromatic carbocycles. The highest BCUT2D eigenvalue weighted by Gasteiger charge is 2.32. The first-order chi connectivity index (χ1) is 13.0. The summed E-state index contributed by atoms with van der Waals surface area (Å²) >= 11 is 0. The predicted octanol–water partition coefficient (Wildman–Crippen LogP) is 6.21. The molecule has 0 aliphatic rings. The summed E-state index contributed by atoms with van der Waals surface area (Å²) in [6.45, 7) is 16.5. The number of methoxy groups -OCH3 is 1. The van der Waals surface area contributed by atoms with Crippen molar-refractivity contribution in [2.24, 2.45) is 5.92 Å². The van der Waals surface area contributed by atoms with Crippen molar-refractivity contribution in [1.82, 2.24) is 0 Å². The molecular formula is C25H34O3. The maximum atomic E-state index is 11.5. The van der Waals surface area contributed by atoms with Gasteiger partial charge in [-0.2, -0.15) is 0 Å². The average molecular weight is 383 g/mol. The molecule has 0 radical (unpaired) electrons. The van der Waals surface area contributed by atoms with Gasteiger partial charge >= 0.3 is 5.97 Å². The standard InChI is InChI=1S/C25H34O3/c1-15(2)14-25(8,21-10-16(3)23(27-9)17(4)11-21)22-12-18(5)24(19(6)13-22)28-20(7)26/h10-13,15H,14H2,1-9H3. The minimum absolute atomic E-state index is 0.153. The minimum atomic E-state index is -0.287. The van der Waals surface area contributed by atoms with E-state index in [1.807, 2.05) is 13.8 Å². The SMILES string of the molecule is COc1c(C)cc(C(C)(CC(C)C)c2cc(C)c(OC(C)=O)c(C)c2)cc1C. The van der Waals surface area contributed by atoms with E-state index in [0.29, 0.717) is 11.7 Å². The number of hydrogen-bond donors (Lipinski definition) is 0. The molecular weight excluding hydrogens is 348 g/mol. The molecule has 0 aromatic heterocycles. The van der Waals surface area contributed by atoms with Crippen LogP contribution < -0.4 is 9.47 Å². The van der Waals surface area contributed by atoms with Crippen LogP contribution in [0.15, 0.2) is 24.3 Å². The molecule has 0 amide bonds. The number of hydrogen-bond acceptors (Lipinski definition) is 3. The van der Waals surface area contributed by atoms with Crippen LogP contribution in [0.1, 0.15) is 67.5 Å². The van der Waals surface area contributed by atoms with Gasteiger partial charge in [0.15, 0.2) is 0 Å². The van der Waals surface area contributed by atoms with Gasteiger partial charge in [0.1, 0.15) is 11.5 Å². The van der Waals surface area contributed by atoms with Crippen LogP contribution in [0, 0.1) is 33.6 Å². The van der Waals surface area contributed by atoms with Crippen LogP contribution in [0.5, 0.6) is 11.5 Å². The Bertz CT molecular complexity index is 833. The van der Waals surface area contributed by atoms with E-state index in [1.165, 1.54) is 18.1 Å². The average Bonchev–Trinajstić information content (AvgIpc) is 2.56. The minimum Gasteiger partial charge on any atom is -0.496 e. The van der Waals surface area contributed by atoms with Crippen molar-refractivity contribution in [2.75, 3.05) is 7.11 Å². The van der Waals surface area contributed by atoms with Crippen LogP contribution in [0.4, 0.5) is 0 Å². The van der Waals surface area contributed by atoms with Crippen LogP contribution in [0.25, 0.3) is 0 Å². The van der Waals surface area contributed by atoms with Gasteiger partial charge in [0.25, 0.3) is 0 Å². The molecule has 2 rings (SSSR count). The highest BCUT2D eigenvalue weighted by molar-refractivity contribution is 5.70.